The van der Waals surface area contributed by atoms with Gasteiger partial charge in [-0.3, -0.25) is 14.9 Å². The average Bonchev–Trinajstić information content (AvgIpc) is 3.91. The van der Waals surface area contributed by atoms with Gasteiger partial charge in [0.2, 0.25) is 0 Å². The zero-order valence-corrected chi connectivity index (χ0v) is 34.3. The number of rotatable bonds is 13. The SMILES string of the molecule is O=C(NS(=O)(=O)c1ccc(NC[C@H]2CC[C@H](O)CC2)c([N+](=O)[O-])c1)c1ccc(-c2ccc(N3CC(F)(F)CC3c3ccccc3C3CC3)cc2)cc1Oc1cnc2[nH]ccc2c1. The van der Waals surface area contributed by atoms with Crippen molar-refractivity contribution in [1.29, 1.82) is 0 Å². The van der Waals surface area contributed by atoms with Crippen molar-refractivity contribution in [2.45, 2.75) is 73.8 Å². The number of alkyl halides is 2. The van der Waals surface area contributed by atoms with Crippen LogP contribution >= 0.6 is 0 Å². The Bertz CT molecular complexity index is 2770. The number of aliphatic hydroxyl groups is 1. The second-order valence-electron chi connectivity index (χ2n) is 16.5. The van der Waals surface area contributed by atoms with Crippen LogP contribution in [0.15, 0.2) is 114 Å². The maximum atomic E-state index is 15.1. The Morgan fingerprint density at radius 3 is 2.42 bits per heavy atom. The van der Waals surface area contributed by atoms with E-state index in [1.807, 2.05) is 24.3 Å². The molecule has 1 atom stereocenters. The Hall–Kier alpha value is -6.39. The van der Waals surface area contributed by atoms with Crippen LogP contribution in [0.1, 0.15) is 78.4 Å². The average molecular weight is 863 g/mol. The lowest BCUT2D eigenvalue weighted by atomic mass is 9.87. The van der Waals surface area contributed by atoms with Gasteiger partial charge in [0.1, 0.15) is 22.8 Å². The number of nitro groups is 1. The number of halogens is 2. The summed E-state index contributed by atoms with van der Waals surface area (Å²) in [7, 11) is -4.63. The smallest absolute Gasteiger partial charge is 0.293 e. The molecule has 4 aromatic carbocycles. The summed E-state index contributed by atoms with van der Waals surface area (Å²) in [6.45, 7) is 0.000521. The number of benzene rings is 4. The Balaban J connectivity index is 0.984. The number of hydrogen-bond donors (Lipinski definition) is 4. The van der Waals surface area contributed by atoms with Crippen molar-refractivity contribution in [2.75, 3.05) is 23.3 Å². The maximum absolute atomic E-state index is 15.1. The minimum absolute atomic E-state index is 0.00680. The monoisotopic (exact) mass is 862 g/mol. The lowest BCUT2D eigenvalue weighted by Crippen LogP contribution is -2.31. The summed E-state index contributed by atoms with van der Waals surface area (Å²) < 4.78 is 65.8. The van der Waals surface area contributed by atoms with Gasteiger partial charge < -0.3 is 25.0 Å². The number of ether oxygens (including phenoxy) is 1. The van der Waals surface area contributed by atoms with Gasteiger partial charge in [-0.05, 0) is 121 Å². The molecule has 1 aliphatic heterocycles. The van der Waals surface area contributed by atoms with Crippen LogP contribution in [0.2, 0.25) is 0 Å². The van der Waals surface area contributed by atoms with E-state index in [9.17, 15) is 28.4 Å². The first-order chi connectivity index (χ1) is 29.8. The quantitative estimate of drug-likeness (QED) is 0.0645. The van der Waals surface area contributed by atoms with Crippen molar-refractivity contribution in [3.8, 4) is 22.6 Å². The number of aliphatic hydroxyl groups excluding tert-OH is 1. The number of carbonyl (C=O) groups excluding carboxylic acids is 1. The first kappa shape index (κ1) is 41.0. The number of pyridine rings is 1. The number of aromatic amines is 1. The Labute approximate surface area is 356 Å². The van der Waals surface area contributed by atoms with Crippen molar-refractivity contribution < 1.29 is 36.8 Å². The predicted molar refractivity (Wildman–Crippen MR) is 230 cm³/mol. The number of carbonyl (C=O) groups is 1. The van der Waals surface area contributed by atoms with Crippen LogP contribution in [0.5, 0.6) is 11.5 Å². The summed E-state index contributed by atoms with van der Waals surface area (Å²) in [5.74, 6) is -3.07. The van der Waals surface area contributed by atoms with Crippen LogP contribution < -0.4 is 19.7 Å². The Kier molecular flexibility index (Phi) is 10.9. The van der Waals surface area contributed by atoms with E-state index in [0.29, 0.717) is 47.8 Å². The number of amides is 1. The third-order valence-corrected chi connectivity index (χ3v) is 13.4. The third kappa shape index (κ3) is 8.70. The van der Waals surface area contributed by atoms with Crippen LogP contribution in [0.4, 0.5) is 25.8 Å². The van der Waals surface area contributed by atoms with Gasteiger partial charge in [0.05, 0.1) is 40.3 Å². The molecule has 2 aliphatic carbocycles. The summed E-state index contributed by atoms with van der Waals surface area (Å²) in [4.78, 5) is 33.9. The molecule has 0 bridgehead atoms. The molecule has 320 valence electrons. The number of sulfonamides is 1. The number of anilines is 2. The van der Waals surface area contributed by atoms with E-state index in [2.05, 4.69) is 20.0 Å². The van der Waals surface area contributed by atoms with Crippen molar-refractivity contribution in [3.63, 3.8) is 0 Å². The number of nitrogens with one attached hydrogen (secondary N) is 3. The highest BCUT2D eigenvalue weighted by Gasteiger charge is 2.47. The lowest BCUT2D eigenvalue weighted by molar-refractivity contribution is -0.384. The fraction of sp³-hybridized carbons (Fsp3) is 0.304. The molecule has 0 radical (unpaired) electrons. The molecular weight excluding hydrogens is 819 g/mol. The largest absolute Gasteiger partial charge is 0.455 e. The minimum Gasteiger partial charge on any atom is -0.455 e. The van der Waals surface area contributed by atoms with Crippen LogP contribution in [-0.2, 0) is 10.0 Å². The zero-order valence-electron chi connectivity index (χ0n) is 33.5. The molecule has 3 heterocycles. The van der Waals surface area contributed by atoms with Crippen LogP contribution in [0, 0.1) is 16.0 Å². The highest BCUT2D eigenvalue weighted by Crippen LogP contribution is 2.49. The van der Waals surface area contributed by atoms with Gasteiger partial charge >= 0.3 is 0 Å². The number of nitrogens with zero attached hydrogens (tertiary/aromatic N) is 3. The van der Waals surface area contributed by atoms with E-state index in [0.717, 1.165) is 48.3 Å². The molecule has 2 aromatic heterocycles. The van der Waals surface area contributed by atoms with Crippen molar-refractivity contribution in [3.05, 3.63) is 136 Å². The molecule has 3 aliphatic rings. The summed E-state index contributed by atoms with van der Waals surface area (Å²) in [6, 6.07) is 26.1. The van der Waals surface area contributed by atoms with E-state index in [1.54, 1.807) is 59.6 Å². The molecule has 0 spiro atoms. The van der Waals surface area contributed by atoms with Gasteiger partial charge in [-0.15, -0.1) is 0 Å². The minimum atomic E-state index is -4.63. The number of hydrogen-bond acceptors (Lipinski definition) is 10. The first-order valence-electron chi connectivity index (χ1n) is 20.7. The molecule has 1 amide bonds. The molecule has 62 heavy (non-hydrogen) atoms. The lowest BCUT2D eigenvalue weighted by Gasteiger charge is -2.28. The summed E-state index contributed by atoms with van der Waals surface area (Å²) in [6.07, 6.45) is 7.46. The van der Waals surface area contributed by atoms with Gasteiger partial charge in [0.15, 0.2) is 0 Å². The van der Waals surface area contributed by atoms with Crippen LogP contribution in [0.25, 0.3) is 22.2 Å². The van der Waals surface area contributed by atoms with Gasteiger partial charge in [-0.1, -0.05) is 42.5 Å². The number of fused-ring (bicyclic) bond motifs is 1. The molecule has 1 unspecified atom stereocenters. The third-order valence-electron chi connectivity index (χ3n) is 12.1. The van der Waals surface area contributed by atoms with E-state index >= 15 is 8.78 Å². The first-order valence-corrected chi connectivity index (χ1v) is 22.1. The molecule has 2 saturated carbocycles. The predicted octanol–water partition coefficient (Wildman–Crippen LogP) is 9.48. The topological polar surface area (TPSA) is 180 Å². The summed E-state index contributed by atoms with van der Waals surface area (Å²) >= 11 is 0. The van der Waals surface area contributed by atoms with E-state index in [1.165, 1.54) is 24.4 Å². The Morgan fingerprint density at radius 2 is 1.68 bits per heavy atom. The van der Waals surface area contributed by atoms with Gasteiger partial charge in [-0.25, -0.2) is 26.9 Å². The van der Waals surface area contributed by atoms with E-state index < -0.39 is 49.9 Å². The number of nitro benzene ring substituents is 1. The molecule has 16 heteroatoms. The van der Waals surface area contributed by atoms with Crippen LogP contribution in [-0.4, -0.2) is 59.4 Å². The van der Waals surface area contributed by atoms with Gasteiger partial charge in [0.25, 0.3) is 27.5 Å². The number of aromatic nitrogens is 2. The van der Waals surface area contributed by atoms with Gasteiger partial charge in [0, 0.05) is 36.3 Å². The second-order valence-corrected chi connectivity index (χ2v) is 18.2. The fourth-order valence-electron chi connectivity index (χ4n) is 8.69. The zero-order chi connectivity index (χ0) is 43.2. The maximum Gasteiger partial charge on any atom is 0.293 e. The van der Waals surface area contributed by atoms with Crippen molar-refractivity contribution in [2.24, 2.45) is 5.92 Å². The second kappa shape index (κ2) is 16.5. The molecule has 4 N–H and O–H groups in total. The summed E-state index contributed by atoms with van der Waals surface area (Å²) in [5, 5.41) is 25.7. The van der Waals surface area contributed by atoms with Gasteiger partial charge in [-0.2, -0.15) is 0 Å². The molecule has 6 aromatic rings. The fourth-order valence-corrected chi connectivity index (χ4v) is 9.67. The molecule has 9 rings (SSSR count). The molecule has 1 saturated heterocycles. The normalized spacial score (nSPS) is 19.9. The summed E-state index contributed by atoms with van der Waals surface area (Å²) in [5.41, 5.74) is 4.09. The van der Waals surface area contributed by atoms with E-state index in [4.69, 9.17) is 4.74 Å². The number of H-pyrrole nitrogens is 1. The van der Waals surface area contributed by atoms with E-state index in [-0.39, 0.29) is 41.2 Å². The molecule has 13 nitrogen and oxygen atoms in total. The highest BCUT2D eigenvalue weighted by atomic mass is 32.2. The van der Waals surface area contributed by atoms with Crippen molar-refractivity contribution >= 4 is 44.0 Å². The van der Waals surface area contributed by atoms with Crippen LogP contribution in [0.3, 0.4) is 0 Å². The standard InChI is InChI=1S/C46H44F2N6O7S/c47-46(48)24-42(38-4-2-1-3-37(38)30-7-8-30)53(27-46)33-12-9-29(10-13-33)31-11-17-39(43(22-31)61-35-21-32-19-20-49-44(32)51-26-35)45(56)52-62(59,60)36-16-18-40(41(23-36)54(57)58)50-25-28-5-14-34(55)15-6-28/h1-4,9-13,16-23,26,28,30,34,42,50,55H,5-8,14-15,24-25,27H2,(H,49,51)(H,52,56)/t28-,34-,42?. The Morgan fingerprint density at radius 1 is 0.935 bits per heavy atom. The highest BCUT2D eigenvalue weighted by molar-refractivity contribution is 7.90. The molecular formula is C46H44F2N6O7S. The molecule has 3 fully saturated rings. The van der Waals surface area contributed by atoms with Crippen molar-refractivity contribution in [1.82, 2.24) is 14.7 Å².